The summed E-state index contributed by atoms with van der Waals surface area (Å²) in [6.07, 6.45) is 3.43. The number of hydroxylamine groups is 1. The van der Waals surface area contributed by atoms with E-state index in [2.05, 4.69) is 10.5 Å². The maximum Gasteiger partial charge on any atom is 0.145 e. The molecule has 0 saturated carbocycles. The Morgan fingerprint density at radius 3 is 2.80 bits per heavy atom. The van der Waals surface area contributed by atoms with Crippen molar-refractivity contribution in [2.24, 2.45) is 0 Å². The van der Waals surface area contributed by atoms with E-state index in [1.54, 1.807) is 12.3 Å². The molecule has 25 heavy (non-hydrogen) atoms. The highest BCUT2D eigenvalue weighted by molar-refractivity contribution is 6.35. The van der Waals surface area contributed by atoms with Crippen molar-refractivity contribution in [2.75, 3.05) is 6.61 Å². The first-order valence-corrected chi connectivity index (χ1v) is 8.52. The fourth-order valence-corrected chi connectivity index (χ4v) is 3.15. The molecule has 126 valence electrons. The molecule has 4 nitrogen and oxygen atoms in total. The number of rotatable bonds is 4. The van der Waals surface area contributed by atoms with Crippen LogP contribution >= 0.6 is 23.2 Å². The molecule has 1 aliphatic heterocycles. The largest absolute Gasteiger partial charge is 0.488 e. The predicted molar refractivity (Wildman–Crippen MR) is 99.7 cm³/mol. The van der Waals surface area contributed by atoms with Crippen molar-refractivity contribution in [1.29, 1.82) is 0 Å². The Labute approximate surface area is 154 Å². The first-order valence-electron chi connectivity index (χ1n) is 7.77. The van der Waals surface area contributed by atoms with E-state index in [4.69, 9.17) is 32.8 Å². The Morgan fingerprint density at radius 1 is 1.04 bits per heavy atom. The highest BCUT2D eigenvalue weighted by Gasteiger charge is 2.20. The normalized spacial score (nSPS) is 16.6. The van der Waals surface area contributed by atoms with Crippen LogP contribution in [0.5, 0.6) is 5.75 Å². The molecule has 3 aromatic rings. The molecule has 0 saturated heterocycles. The van der Waals surface area contributed by atoms with Gasteiger partial charge < -0.3 is 4.74 Å². The van der Waals surface area contributed by atoms with Crippen molar-refractivity contribution in [3.8, 4) is 5.75 Å². The fourth-order valence-electron chi connectivity index (χ4n) is 2.70. The number of pyridine rings is 1. The quantitative estimate of drug-likeness (QED) is 0.709. The van der Waals surface area contributed by atoms with Crippen LogP contribution in [0.2, 0.25) is 10.0 Å². The average Bonchev–Trinajstić information content (AvgIpc) is 3.11. The van der Waals surface area contributed by atoms with Gasteiger partial charge in [0.15, 0.2) is 0 Å². The van der Waals surface area contributed by atoms with Crippen molar-refractivity contribution >= 4 is 39.8 Å². The number of halogens is 2. The smallest absolute Gasteiger partial charge is 0.145 e. The van der Waals surface area contributed by atoms with Crippen LogP contribution in [-0.4, -0.2) is 17.7 Å². The number of nitrogens with zero attached hydrogens (tertiary/aromatic N) is 1. The first kappa shape index (κ1) is 16.2. The van der Waals surface area contributed by atoms with E-state index in [9.17, 15) is 0 Å². The van der Waals surface area contributed by atoms with Crippen LogP contribution in [0, 0.1) is 0 Å². The van der Waals surface area contributed by atoms with Gasteiger partial charge in [-0.15, -0.1) is 0 Å². The second-order valence-corrected chi connectivity index (χ2v) is 6.39. The molecule has 0 fully saturated rings. The van der Waals surface area contributed by atoms with Crippen LogP contribution < -0.4 is 10.2 Å². The molecule has 0 amide bonds. The number of ether oxygens (including phenoxy) is 1. The number of hydrogen-bond acceptors (Lipinski definition) is 4. The molecule has 0 bridgehead atoms. The Hall–Kier alpha value is -2.27. The van der Waals surface area contributed by atoms with Gasteiger partial charge in [-0.1, -0.05) is 41.4 Å². The zero-order chi connectivity index (χ0) is 17.2. The summed E-state index contributed by atoms with van der Waals surface area (Å²) < 4.78 is 5.91. The molecule has 0 radical (unpaired) electrons. The minimum absolute atomic E-state index is 0.235. The van der Waals surface area contributed by atoms with Gasteiger partial charge in [-0.2, -0.15) is 0 Å². The lowest BCUT2D eigenvalue weighted by Crippen LogP contribution is -2.19. The summed E-state index contributed by atoms with van der Waals surface area (Å²) in [5.41, 5.74) is 5.36. The summed E-state index contributed by atoms with van der Waals surface area (Å²) in [6, 6.07) is 15.0. The molecule has 1 aliphatic rings. The van der Waals surface area contributed by atoms with Crippen molar-refractivity contribution in [3.63, 3.8) is 0 Å². The van der Waals surface area contributed by atoms with Crippen molar-refractivity contribution in [1.82, 2.24) is 10.5 Å². The Balaban J connectivity index is 1.52. The maximum absolute atomic E-state index is 6.22. The van der Waals surface area contributed by atoms with E-state index >= 15 is 0 Å². The van der Waals surface area contributed by atoms with Gasteiger partial charge in [-0.25, -0.2) is 0 Å². The zero-order valence-corrected chi connectivity index (χ0v) is 14.6. The van der Waals surface area contributed by atoms with Gasteiger partial charge in [0.05, 0.1) is 10.7 Å². The summed E-state index contributed by atoms with van der Waals surface area (Å²) >= 11 is 12.4. The standard InChI is InChI=1S/C19H14Cl2N2O2/c20-15-6-2-1-4-13(15)17-10-12(25-23-17)11-24-18-8-7-16(21)14-5-3-9-22-19(14)18/h1-10,12,23H,11H2/t12-/m0/s1. The summed E-state index contributed by atoms with van der Waals surface area (Å²) in [5.74, 6) is 0.670. The topological polar surface area (TPSA) is 43.4 Å². The van der Waals surface area contributed by atoms with Gasteiger partial charge in [-0.3, -0.25) is 15.3 Å². The molecule has 2 aromatic carbocycles. The molecule has 1 aromatic heterocycles. The van der Waals surface area contributed by atoms with Crippen LogP contribution in [0.25, 0.3) is 16.6 Å². The second-order valence-electron chi connectivity index (χ2n) is 5.57. The first-order chi connectivity index (χ1) is 12.2. The highest BCUT2D eigenvalue weighted by Crippen LogP contribution is 2.30. The number of hydrogen-bond donors (Lipinski definition) is 1. The number of aromatic nitrogens is 1. The summed E-state index contributed by atoms with van der Waals surface area (Å²) in [6.45, 7) is 0.342. The van der Waals surface area contributed by atoms with Crippen LogP contribution in [0.1, 0.15) is 5.56 Å². The van der Waals surface area contributed by atoms with Gasteiger partial charge in [0.2, 0.25) is 0 Å². The molecular formula is C19H14Cl2N2O2. The summed E-state index contributed by atoms with van der Waals surface area (Å²) in [4.78, 5) is 9.92. The molecule has 0 spiro atoms. The van der Waals surface area contributed by atoms with Gasteiger partial charge in [-0.05, 0) is 36.4 Å². The SMILES string of the molecule is Clc1ccccc1C1=C[C@@H](COc2ccc(Cl)c3cccnc23)ON1. The third kappa shape index (κ3) is 3.29. The average molecular weight is 373 g/mol. The summed E-state index contributed by atoms with van der Waals surface area (Å²) in [5, 5.41) is 2.17. The Kier molecular flexibility index (Phi) is 4.49. The molecule has 4 rings (SSSR count). The fraction of sp³-hybridized carbons (Fsp3) is 0.105. The third-order valence-corrected chi connectivity index (χ3v) is 4.58. The highest BCUT2D eigenvalue weighted by atomic mass is 35.5. The molecule has 1 N–H and O–H groups in total. The van der Waals surface area contributed by atoms with Crippen molar-refractivity contribution < 1.29 is 9.57 Å². The number of fused-ring (bicyclic) bond motifs is 1. The van der Waals surface area contributed by atoms with E-state index in [0.717, 1.165) is 22.2 Å². The van der Waals surface area contributed by atoms with Crippen LogP contribution in [0.3, 0.4) is 0 Å². The molecule has 1 atom stereocenters. The lowest BCUT2D eigenvalue weighted by Gasteiger charge is -2.12. The zero-order valence-electron chi connectivity index (χ0n) is 13.1. The van der Waals surface area contributed by atoms with Crippen LogP contribution in [0.4, 0.5) is 0 Å². The molecule has 0 unspecified atom stereocenters. The Bertz CT molecular complexity index is 959. The summed E-state index contributed by atoms with van der Waals surface area (Å²) in [7, 11) is 0. The lowest BCUT2D eigenvalue weighted by atomic mass is 10.1. The van der Waals surface area contributed by atoms with E-state index < -0.39 is 0 Å². The monoisotopic (exact) mass is 372 g/mol. The molecule has 0 aliphatic carbocycles. The van der Waals surface area contributed by atoms with Crippen molar-refractivity contribution in [3.05, 3.63) is 76.4 Å². The van der Waals surface area contributed by atoms with Gasteiger partial charge in [0.1, 0.15) is 24.0 Å². The number of benzene rings is 2. The lowest BCUT2D eigenvalue weighted by molar-refractivity contribution is 0.0238. The van der Waals surface area contributed by atoms with E-state index in [0.29, 0.717) is 22.4 Å². The maximum atomic E-state index is 6.22. The van der Waals surface area contributed by atoms with Gasteiger partial charge in [0, 0.05) is 22.2 Å². The molecule has 6 heteroatoms. The second kappa shape index (κ2) is 6.92. The molecular weight excluding hydrogens is 359 g/mol. The predicted octanol–water partition coefficient (Wildman–Crippen LogP) is 4.86. The van der Waals surface area contributed by atoms with Crippen molar-refractivity contribution in [2.45, 2.75) is 6.10 Å². The van der Waals surface area contributed by atoms with E-state index in [1.807, 2.05) is 48.5 Å². The van der Waals surface area contributed by atoms with Crippen LogP contribution in [0.15, 0.2) is 60.8 Å². The van der Waals surface area contributed by atoms with Gasteiger partial charge in [0.25, 0.3) is 0 Å². The van der Waals surface area contributed by atoms with Crippen LogP contribution in [-0.2, 0) is 4.84 Å². The Morgan fingerprint density at radius 2 is 1.92 bits per heavy atom. The minimum atomic E-state index is -0.235. The van der Waals surface area contributed by atoms with E-state index in [1.165, 1.54) is 0 Å². The number of nitrogens with one attached hydrogen (secondary N) is 1. The molecule has 2 heterocycles. The van der Waals surface area contributed by atoms with E-state index in [-0.39, 0.29) is 6.10 Å². The minimum Gasteiger partial charge on any atom is -0.488 e. The van der Waals surface area contributed by atoms with Gasteiger partial charge >= 0.3 is 0 Å². The third-order valence-electron chi connectivity index (χ3n) is 3.92.